The Morgan fingerprint density at radius 3 is 2.80 bits per heavy atom. The molecule has 25 heavy (non-hydrogen) atoms. The minimum absolute atomic E-state index is 0.112. The summed E-state index contributed by atoms with van der Waals surface area (Å²) in [6, 6.07) is 13.5. The van der Waals surface area contributed by atoms with E-state index in [2.05, 4.69) is 31.4 Å². The summed E-state index contributed by atoms with van der Waals surface area (Å²) in [5.41, 5.74) is 3.84. The van der Waals surface area contributed by atoms with Gasteiger partial charge >= 0.3 is 0 Å². The SMILES string of the molecule is Cc1ccc(NC(=O)CSc2nnc(-c3cccc(Br)c3)o2)c(C)c1. The molecule has 1 amide bonds. The molecular weight excluding hydrogens is 402 g/mol. The van der Waals surface area contributed by atoms with Crippen LogP contribution in [-0.2, 0) is 4.79 Å². The predicted molar refractivity (Wildman–Crippen MR) is 103 cm³/mol. The molecule has 1 aromatic heterocycles. The Bertz CT molecular complexity index is 911. The van der Waals surface area contributed by atoms with E-state index in [0.717, 1.165) is 26.9 Å². The van der Waals surface area contributed by atoms with Crippen molar-refractivity contribution in [1.29, 1.82) is 0 Å². The van der Waals surface area contributed by atoms with Gasteiger partial charge in [0.05, 0.1) is 5.75 Å². The van der Waals surface area contributed by atoms with E-state index in [1.54, 1.807) is 0 Å². The van der Waals surface area contributed by atoms with Gasteiger partial charge in [-0.05, 0) is 43.7 Å². The van der Waals surface area contributed by atoms with Crippen LogP contribution in [0, 0.1) is 13.8 Å². The molecule has 2 aromatic carbocycles. The third kappa shape index (κ3) is 4.70. The predicted octanol–water partition coefficient (Wildman–Crippen LogP) is 4.85. The quantitative estimate of drug-likeness (QED) is 0.601. The number of hydrogen-bond donors (Lipinski definition) is 1. The number of nitrogens with zero attached hydrogens (tertiary/aromatic N) is 2. The van der Waals surface area contributed by atoms with Crippen molar-refractivity contribution < 1.29 is 9.21 Å². The number of amides is 1. The average molecular weight is 418 g/mol. The molecule has 0 spiro atoms. The second-order valence-corrected chi connectivity index (χ2v) is 7.38. The van der Waals surface area contributed by atoms with Gasteiger partial charge in [-0.3, -0.25) is 4.79 Å². The molecule has 0 aliphatic carbocycles. The zero-order valence-electron chi connectivity index (χ0n) is 13.7. The van der Waals surface area contributed by atoms with Crippen molar-refractivity contribution in [2.45, 2.75) is 19.1 Å². The van der Waals surface area contributed by atoms with Gasteiger partial charge in [-0.1, -0.05) is 51.5 Å². The van der Waals surface area contributed by atoms with Gasteiger partial charge < -0.3 is 9.73 Å². The van der Waals surface area contributed by atoms with Crippen molar-refractivity contribution in [2.75, 3.05) is 11.1 Å². The summed E-state index contributed by atoms with van der Waals surface area (Å²) in [5, 5.41) is 11.3. The van der Waals surface area contributed by atoms with Gasteiger partial charge in [0.2, 0.25) is 11.8 Å². The molecular formula is C18H16BrN3O2S. The highest BCUT2D eigenvalue weighted by Gasteiger charge is 2.12. The summed E-state index contributed by atoms with van der Waals surface area (Å²) in [4.78, 5) is 12.1. The third-order valence-electron chi connectivity index (χ3n) is 3.46. The fourth-order valence-corrected chi connectivity index (χ4v) is 3.24. The third-order valence-corrected chi connectivity index (χ3v) is 4.77. The molecule has 0 radical (unpaired) electrons. The molecule has 7 heteroatoms. The van der Waals surface area contributed by atoms with E-state index in [9.17, 15) is 4.79 Å². The lowest BCUT2D eigenvalue weighted by Gasteiger charge is -2.08. The Labute approximate surface area is 158 Å². The first-order valence-corrected chi connectivity index (χ1v) is 9.38. The molecule has 5 nitrogen and oxygen atoms in total. The summed E-state index contributed by atoms with van der Waals surface area (Å²) in [6.45, 7) is 3.99. The van der Waals surface area contributed by atoms with E-state index in [4.69, 9.17) is 4.42 Å². The maximum Gasteiger partial charge on any atom is 0.277 e. The average Bonchev–Trinajstić information content (AvgIpc) is 3.05. The molecule has 0 saturated carbocycles. The molecule has 0 fully saturated rings. The van der Waals surface area contributed by atoms with Gasteiger partial charge in [0.1, 0.15) is 0 Å². The molecule has 0 atom stereocenters. The number of thioether (sulfide) groups is 1. The Hall–Kier alpha value is -2.12. The number of aromatic nitrogens is 2. The molecule has 0 unspecified atom stereocenters. The summed E-state index contributed by atoms with van der Waals surface area (Å²) in [7, 11) is 0. The van der Waals surface area contributed by atoms with Crippen LogP contribution in [0.3, 0.4) is 0 Å². The lowest BCUT2D eigenvalue weighted by Crippen LogP contribution is -2.14. The first kappa shape index (κ1) is 17.7. The van der Waals surface area contributed by atoms with E-state index in [0.29, 0.717) is 11.1 Å². The highest BCUT2D eigenvalue weighted by Crippen LogP contribution is 2.25. The lowest BCUT2D eigenvalue weighted by atomic mass is 10.1. The standard InChI is InChI=1S/C18H16BrN3O2S/c1-11-6-7-15(12(2)8-11)20-16(23)10-25-18-22-21-17(24-18)13-4-3-5-14(19)9-13/h3-9H,10H2,1-2H3,(H,20,23). The zero-order chi connectivity index (χ0) is 17.8. The number of hydrogen-bond acceptors (Lipinski definition) is 5. The van der Waals surface area contributed by atoms with Gasteiger partial charge in [0.15, 0.2) is 0 Å². The van der Waals surface area contributed by atoms with Crippen LogP contribution in [0.15, 0.2) is 56.6 Å². The van der Waals surface area contributed by atoms with Gasteiger partial charge in [0, 0.05) is 15.7 Å². The van der Waals surface area contributed by atoms with Crippen LogP contribution in [0.1, 0.15) is 11.1 Å². The Morgan fingerprint density at radius 2 is 2.04 bits per heavy atom. The molecule has 1 N–H and O–H groups in total. The van der Waals surface area contributed by atoms with Gasteiger partial charge in [-0.25, -0.2) is 0 Å². The Morgan fingerprint density at radius 1 is 1.20 bits per heavy atom. The van der Waals surface area contributed by atoms with Crippen LogP contribution in [0.2, 0.25) is 0 Å². The second kappa shape index (κ2) is 7.84. The van der Waals surface area contributed by atoms with Gasteiger partial charge in [-0.2, -0.15) is 0 Å². The van der Waals surface area contributed by atoms with Crippen molar-refractivity contribution in [3.63, 3.8) is 0 Å². The van der Waals surface area contributed by atoms with Gasteiger partial charge in [0.25, 0.3) is 5.22 Å². The van der Waals surface area contributed by atoms with Crippen molar-refractivity contribution in [3.05, 3.63) is 58.1 Å². The maximum absolute atomic E-state index is 12.1. The highest BCUT2D eigenvalue weighted by molar-refractivity contribution is 9.10. The molecule has 3 rings (SSSR count). The second-order valence-electron chi connectivity index (χ2n) is 5.54. The van der Waals surface area contributed by atoms with Crippen molar-refractivity contribution in [1.82, 2.24) is 10.2 Å². The minimum Gasteiger partial charge on any atom is -0.411 e. The van der Waals surface area contributed by atoms with Crippen LogP contribution >= 0.6 is 27.7 Å². The molecule has 0 aliphatic rings. The molecule has 0 bridgehead atoms. The molecule has 3 aromatic rings. The lowest BCUT2D eigenvalue weighted by molar-refractivity contribution is -0.113. The van der Waals surface area contributed by atoms with Gasteiger partial charge in [-0.15, -0.1) is 10.2 Å². The van der Waals surface area contributed by atoms with Crippen molar-refractivity contribution >= 4 is 39.3 Å². The van der Waals surface area contributed by atoms with Crippen LogP contribution in [0.4, 0.5) is 5.69 Å². The zero-order valence-corrected chi connectivity index (χ0v) is 16.1. The Balaban J connectivity index is 1.59. The smallest absolute Gasteiger partial charge is 0.277 e. The number of aryl methyl sites for hydroxylation is 2. The van der Waals surface area contributed by atoms with E-state index < -0.39 is 0 Å². The number of carbonyl (C=O) groups excluding carboxylic acids is 1. The number of nitrogens with one attached hydrogen (secondary N) is 1. The summed E-state index contributed by atoms with van der Waals surface area (Å²) >= 11 is 4.62. The largest absolute Gasteiger partial charge is 0.411 e. The topological polar surface area (TPSA) is 68.0 Å². The van der Waals surface area contributed by atoms with E-state index in [-0.39, 0.29) is 11.7 Å². The summed E-state index contributed by atoms with van der Waals surface area (Å²) in [6.07, 6.45) is 0. The fourth-order valence-electron chi connectivity index (χ4n) is 2.27. The molecule has 1 heterocycles. The molecule has 0 aliphatic heterocycles. The number of rotatable bonds is 5. The van der Waals surface area contributed by atoms with Crippen molar-refractivity contribution in [2.24, 2.45) is 0 Å². The first-order chi connectivity index (χ1) is 12.0. The van der Waals surface area contributed by atoms with E-state index >= 15 is 0 Å². The fraction of sp³-hybridized carbons (Fsp3) is 0.167. The van der Waals surface area contributed by atoms with Crippen molar-refractivity contribution in [3.8, 4) is 11.5 Å². The van der Waals surface area contributed by atoms with Crippen LogP contribution in [-0.4, -0.2) is 21.9 Å². The number of benzene rings is 2. The monoisotopic (exact) mass is 417 g/mol. The van der Waals surface area contributed by atoms with Crippen LogP contribution in [0.5, 0.6) is 0 Å². The number of carbonyl (C=O) groups is 1. The highest BCUT2D eigenvalue weighted by atomic mass is 79.9. The van der Waals surface area contributed by atoms with E-state index in [1.165, 1.54) is 11.8 Å². The van der Waals surface area contributed by atoms with Crippen LogP contribution in [0.25, 0.3) is 11.5 Å². The summed E-state index contributed by atoms with van der Waals surface area (Å²) < 4.78 is 6.54. The normalized spacial score (nSPS) is 10.7. The molecule has 0 saturated heterocycles. The minimum atomic E-state index is -0.112. The molecule has 128 valence electrons. The Kier molecular flexibility index (Phi) is 5.55. The number of anilines is 1. The van der Waals surface area contributed by atoms with E-state index in [1.807, 2.05) is 56.3 Å². The maximum atomic E-state index is 12.1. The number of halogens is 1. The van der Waals surface area contributed by atoms with Crippen LogP contribution < -0.4 is 5.32 Å². The first-order valence-electron chi connectivity index (χ1n) is 7.60. The summed E-state index contributed by atoms with van der Waals surface area (Å²) in [5.74, 6) is 0.519.